The van der Waals surface area contributed by atoms with Gasteiger partial charge in [0.1, 0.15) is 6.04 Å². The van der Waals surface area contributed by atoms with Gasteiger partial charge in [0.15, 0.2) is 0 Å². The molecule has 7 nitrogen and oxygen atoms in total. The fourth-order valence-corrected chi connectivity index (χ4v) is 1.87. The summed E-state index contributed by atoms with van der Waals surface area (Å²) in [4.78, 5) is 34.8. The molecule has 0 bridgehead atoms. The topological polar surface area (TPSA) is 125 Å². The minimum absolute atomic E-state index is 0.125. The molecule has 7 heteroatoms. The molecule has 22 heavy (non-hydrogen) atoms. The smallest absolute Gasteiger partial charge is 0.254 e. The first-order valence-corrected chi connectivity index (χ1v) is 6.71. The van der Waals surface area contributed by atoms with Crippen molar-refractivity contribution < 1.29 is 14.4 Å². The normalized spacial score (nSPS) is 12.6. The zero-order valence-corrected chi connectivity index (χ0v) is 12.4. The molecule has 0 unspecified atom stereocenters. The van der Waals surface area contributed by atoms with E-state index in [1.54, 1.807) is 25.1 Å². The minimum atomic E-state index is -0.951. The van der Waals surface area contributed by atoms with E-state index in [9.17, 15) is 14.4 Å². The quantitative estimate of drug-likeness (QED) is 0.717. The Labute approximate surface area is 128 Å². The highest BCUT2D eigenvalue weighted by Gasteiger charge is 2.22. The first kappa shape index (κ1) is 17.2. The molecule has 0 aliphatic heterocycles. The van der Waals surface area contributed by atoms with Gasteiger partial charge >= 0.3 is 0 Å². The minimum Gasteiger partial charge on any atom is -0.368 e. The first-order valence-electron chi connectivity index (χ1n) is 6.71. The number of carbonyl (C=O) groups is 3. The fourth-order valence-electron chi connectivity index (χ4n) is 1.87. The number of anilines is 1. The van der Waals surface area contributed by atoms with Crippen molar-refractivity contribution in [2.45, 2.75) is 26.3 Å². The van der Waals surface area contributed by atoms with Gasteiger partial charge < -0.3 is 16.4 Å². The van der Waals surface area contributed by atoms with Crippen molar-refractivity contribution >= 4 is 23.4 Å². The zero-order valence-electron chi connectivity index (χ0n) is 12.4. The Balaban J connectivity index is 2.93. The molecule has 1 aromatic rings. The van der Waals surface area contributed by atoms with E-state index < -0.39 is 23.8 Å². The maximum absolute atomic E-state index is 12.3. The number of nitriles is 1. The van der Waals surface area contributed by atoms with Crippen LogP contribution in [0.15, 0.2) is 24.3 Å². The van der Waals surface area contributed by atoms with Crippen LogP contribution in [-0.4, -0.2) is 23.8 Å². The average molecular weight is 302 g/mol. The highest BCUT2D eigenvalue weighted by Crippen LogP contribution is 2.15. The molecule has 116 valence electrons. The molecule has 0 aromatic heterocycles. The van der Waals surface area contributed by atoms with Crippen LogP contribution < -0.4 is 16.4 Å². The highest BCUT2D eigenvalue weighted by molar-refractivity contribution is 6.04. The van der Waals surface area contributed by atoms with Gasteiger partial charge in [-0.2, -0.15) is 5.26 Å². The molecule has 4 N–H and O–H groups in total. The van der Waals surface area contributed by atoms with Crippen molar-refractivity contribution in [1.82, 2.24) is 5.32 Å². The molecule has 0 saturated carbocycles. The lowest BCUT2D eigenvalue weighted by Crippen LogP contribution is -2.45. The van der Waals surface area contributed by atoms with E-state index in [1.165, 1.54) is 13.0 Å². The van der Waals surface area contributed by atoms with Gasteiger partial charge in [-0.25, -0.2) is 0 Å². The largest absolute Gasteiger partial charge is 0.368 e. The number of hydrogen-bond acceptors (Lipinski definition) is 4. The summed E-state index contributed by atoms with van der Waals surface area (Å²) in [6, 6.07) is 7.44. The molecule has 2 atom stereocenters. The summed E-state index contributed by atoms with van der Waals surface area (Å²) in [7, 11) is 0. The Morgan fingerprint density at radius 3 is 2.50 bits per heavy atom. The molecule has 1 aromatic carbocycles. The molecular weight excluding hydrogens is 284 g/mol. The first-order chi connectivity index (χ1) is 10.3. The predicted octanol–water partition coefficient (Wildman–Crippen LogP) is 0.778. The van der Waals surface area contributed by atoms with Crippen LogP contribution in [0, 0.1) is 17.2 Å². The Hall–Kier alpha value is -2.88. The van der Waals surface area contributed by atoms with Crippen LogP contribution in [0.5, 0.6) is 0 Å². The number of hydrogen-bond donors (Lipinski definition) is 3. The van der Waals surface area contributed by atoms with E-state index in [1.807, 2.05) is 6.07 Å². The SMILES string of the molecule is CC(=O)Nc1ccccc1C(=O)N[C@H](C[C@H](C)C#N)C(N)=O. The third-order valence-electron chi connectivity index (χ3n) is 2.94. The van der Waals surface area contributed by atoms with E-state index >= 15 is 0 Å². The Morgan fingerprint density at radius 2 is 1.95 bits per heavy atom. The van der Waals surface area contributed by atoms with E-state index in [4.69, 9.17) is 11.0 Å². The summed E-state index contributed by atoms with van der Waals surface area (Å²) < 4.78 is 0. The van der Waals surface area contributed by atoms with Gasteiger partial charge in [0.05, 0.1) is 17.3 Å². The van der Waals surface area contributed by atoms with Crippen molar-refractivity contribution in [3.05, 3.63) is 29.8 Å². The molecule has 0 heterocycles. The van der Waals surface area contributed by atoms with Crippen molar-refractivity contribution in [2.24, 2.45) is 11.7 Å². The number of carbonyl (C=O) groups excluding carboxylic acids is 3. The molecule has 0 spiro atoms. The molecule has 1 rings (SSSR count). The summed E-state index contributed by atoms with van der Waals surface area (Å²) >= 11 is 0. The Bertz CT molecular complexity index is 621. The van der Waals surface area contributed by atoms with E-state index in [0.29, 0.717) is 5.69 Å². The van der Waals surface area contributed by atoms with Crippen molar-refractivity contribution in [3.63, 3.8) is 0 Å². The fraction of sp³-hybridized carbons (Fsp3) is 0.333. The summed E-state index contributed by atoms with van der Waals surface area (Å²) in [5, 5.41) is 13.8. The Kier molecular flexibility index (Phi) is 6.08. The van der Waals surface area contributed by atoms with Crippen LogP contribution in [-0.2, 0) is 9.59 Å². The maximum Gasteiger partial charge on any atom is 0.254 e. The molecule has 0 fully saturated rings. The van der Waals surface area contributed by atoms with Crippen LogP contribution in [0.25, 0.3) is 0 Å². The maximum atomic E-state index is 12.3. The third-order valence-corrected chi connectivity index (χ3v) is 2.94. The van der Waals surface area contributed by atoms with Gasteiger partial charge in [0.2, 0.25) is 11.8 Å². The van der Waals surface area contributed by atoms with Gasteiger partial charge in [-0.3, -0.25) is 14.4 Å². The number of nitrogens with one attached hydrogen (secondary N) is 2. The zero-order chi connectivity index (χ0) is 16.7. The van der Waals surface area contributed by atoms with E-state index in [2.05, 4.69) is 10.6 Å². The second-order valence-electron chi connectivity index (χ2n) is 4.92. The van der Waals surface area contributed by atoms with Gasteiger partial charge in [0.25, 0.3) is 5.91 Å². The molecule has 3 amide bonds. The van der Waals surface area contributed by atoms with Crippen LogP contribution in [0.4, 0.5) is 5.69 Å². The van der Waals surface area contributed by atoms with Crippen molar-refractivity contribution in [1.29, 1.82) is 5.26 Å². The second-order valence-corrected chi connectivity index (χ2v) is 4.92. The number of rotatable bonds is 6. The van der Waals surface area contributed by atoms with Gasteiger partial charge in [-0.15, -0.1) is 0 Å². The number of primary amides is 1. The number of nitrogens with two attached hydrogens (primary N) is 1. The molecule has 0 radical (unpaired) electrons. The number of amides is 3. The third kappa shape index (κ3) is 4.90. The summed E-state index contributed by atoms with van der Waals surface area (Å²) in [6.45, 7) is 2.96. The number of nitrogens with zero attached hydrogens (tertiary/aromatic N) is 1. The monoisotopic (exact) mass is 302 g/mol. The van der Waals surface area contributed by atoms with Crippen molar-refractivity contribution in [2.75, 3.05) is 5.32 Å². The standard InChI is InChI=1S/C15H18N4O3/c1-9(8-16)7-13(14(17)21)19-15(22)11-5-3-4-6-12(11)18-10(2)20/h3-6,9,13H,7H2,1-2H3,(H2,17,21)(H,18,20)(H,19,22)/t9-,13+/m0/s1. The molecular formula is C15H18N4O3. The average Bonchev–Trinajstić information content (AvgIpc) is 2.46. The highest BCUT2D eigenvalue weighted by atomic mass is 16.2. The van der Waals surface area contributed by atoms with Crippen LogP contribution in [0.2, 0.25) is 0 Å². The molecule has 0 aliphatic rings. The summed E-state index contributed by atoms with van der Waals surface area (Å²) in [5.41, 5.74) is 5.81. The lowest BCUT2D eigenvalue weighted by atomic mass is 10.0. The van der Waals surface area contributed by atoms with Crippen LogP contribution >= 0.6 is 0 Å². The van der Waals surface area contributed by atoms with Gasteiger partial charge in [-0.1, -0.05) is 12.1 Å². The molecule has 0 aliphatic carbocycles. The molecule has 0 saturated heterocycles. The van der Waals surface area contributed by atoms with Crippen LogP contribution in [0.3, 0.4) is 0 Å². The Morgan fingerprint density at radius 1 is 1.32 bits per heavy atom. The van der Waals surface area contributed by atoms with Gasteiger partial charge in [0, 0.05) is 12.8 Å². The predicted molar refractivity (Wildman–Crippen MR) is 80.6 cm³/mol. The van der Waals surface area contributed by atoms with Gasteiger partial charge in [-0.05, 0) is 25.5 Å². The van der Waals surface area contributed by atoms with Crippen LogP contribution in [0.1, 0.15) is 30.6 Å². The lowest BCUT2D eigenvalue weighted by Gasteiger charge is -2.17. The summed E-state index contributed by atoms with van der Waals surface area (Å²) in [5.74, 6) is -2.00. The second kappa shape index (κ2) is 7.78. The van der Waals surface area contributed by atoms with E-state index in [0.717, 1.165) is 0 Å². The summed E-state index contributed by atoms with van der Waals surface area (Å²) in [6.07, 6.45) is 0.125. The van der Waals surface area contributed by atoms with E-state index in [-0.39, 0.29) is 17.9 Å². The van der Waals surface area contributed by atoms with Crippen molar-refractivity contribution in [3.8, 4) is 6.07 Å². The number of benzene rings is 1. The lowest BCUT2D eigenvalue weighted by molar-refractivity contribution is -0.120. The number of para-hydroxylation sites is 1.